The molecule has 0 saturated heterocycles. The van der Waals surface area contributed by atoms with Crippen LogP contribution in [0.4, 0.5) is 0 Å². The molecule has 8 aromatic rings. The number of hydrogen-bond acceptors (Lipinski definition) is 4. The minimum absolute atomic E-state index is 0.640. The predicted octanol–water partition coefficient (Wildman–Crippen LogP) is 9.91. The van der Waals surface area contributed by atoms with Gasteiger partial charge in [-0.1, -0.05) is 127 Å². The molecule has 0 aliphatic rings. The van der Waals surface area contributed by atoms with Gasteiger partial charge in [0.1, 0.15) is 0 Å². The highest BCUT2D eigenvalue weighted by Crippen LogP contribution is 2.37. The Labute approximate surface area is 255 Å². The van der Waals surface area contributed by atoms with E-state index in [0.29, 0.717) is 17.5 Å². The van der Waals surface area contributed by atoms with Crippen LogP contribution < -0.4 is 0 Å². The summed E-state index contributed by atoms with van der Waals surface area (Å²) >= 11 is 0. The van der Waals surface area contributed by atoms with E-state index in [9.17, 15) is 0 Å². The average Bonchev–Trinajstić information content (AvgIpc) is 3.11. The summed E-state index contributed by atoms with van der Waals surface area (Å²) in [6.45, 7) is 0. The number of rotatable bonds is 5. The summed E-state index contributed by atoms with van der Waals surface area (Å²) < 4.78 is 0. The summed E-state index contributed by atoms with van der Waals surface area (Å²) in [7, 11) is 0. The lowest BCUT2D eigenvalue weighted by atomic mass is 9.94. The molecule has 0 aliphatic heterocycles. The molecule has 4 nitrogen and oxygen atoms in total. The van der Waals surface area contributed by atoms with E-state index in [-0.39, 0.29) is 0 Å². The van der Waals surface area contributed by atoms with E-state index in [2.05, 4.69) is 108 Å². The van der Waals surface area contributed by atoms with Crippen LogP contribution in [0.3, 0.4) is 0 Å². The quantitative estimate of drug-likeness (QED) is 0.209. The lowest BCUT2D eigenvalue weighted by Crippen LogP contribution is -2.01. The van der Waals surface area contributed by atoms with Crippen LogP contribution in [0.2, 0.25) is 0 Å². The number of fused-ring (bicyclic) bond motifs is 2. The highest BCUT2D eigenvalue weighted by Gasteiger charge is 2.16. The molecule has 2 heterocycles. The molecule has 206 valence electrons. The SMILES string of the molecule is c1ccc(-c2nc(-c3ccc4cc(-c5cccnc5)ccc4c3)nc(-c3cccc4cccc(-c5ccccc5)c34)n2)cc1. The number of pyridine rings is 1. The van der Waals surface area contributed by atoms with Gasteiger partial charge in [-0.25, -0.2) is 15.0 Å². The first-order valence-corrected chi connectivity index (χ1v) is 14.6. The largest absolute Gasteiger partial charge is 0.264 e. The Morgan fingerprint density at radius 3 is 1.64 bits per heavy atom. The third-order valence-corrected chi connectivity index (χ3v) is 7.99. The van der Waals surface area contributed by atoms with Crippen molar-refractivity contribution in [2.45, 2.75) is 0 Å². The zero-order chi connectivity index (χ0) is 29.3. The first kappa shape index (κ1) is 25.7. The van der Waals surface area contributed by atoms with Crippen LogP contribution in [0.25, 0.3) is 78.0 Å². The summed E-state index contributed by atoms with van der Waals surface area (Å²) in [5, 5.41) is 4.53. The van der Waals surface area contributed by atoms with Crippen molar-refractivity contribution in [2.75, 3.05) is 0 Å². The lowest BCUT2D eigenvalue weighted by molar-refractivity contribution is 1.08. The van der Waals surface area contributed by atoms with Crippen molar-refractivity contribution in [1.29, 1.82) is 0 Å². The van der Waals surface area contributed by atoms with Crippen LogP contribution in [0.15, 0.2) is 158 Å². The molecule has 0 amide bonds. The molecule has 8 rings (SSSR count). The molecule has 0 bridgehead atoms. The van der Waals surface area contributed by atoms with E-state index in [4.69, 9.17) is 15.0 Å². The zero-order valence-electron chi connectivity index (χ0n) is 23.8. The minimum atomic E-state index is 0.640. The van der Waals surface area contributed by atoms with Crippen molar-refractivity contribution in [3.05, 3.63) is 158 Å². The van der Waals surface area contributed by atoms with Gasteiger partial charge >= 0.3 is 0 Å². The van der Waals surface area contributed by atoms with Gasteiger partial charge in [0, 0.05) is 40.0 Å². The maximum atomic E-state index is 5.13. The fourth-order valence-electron chi connectivity index (χ4n) is 5.83. The Bertz CT molecular complexity index is 2260. The van der Waals surface area contributed by atoms with Gasteiger partial charge < -0.3 is 0 Å². The van der Waals surface area contributed by atoms with E-state index in [1.54, 1.807) is 6.20 Å². The minimum Gasteiger partial charge on any atom is -0.264 e. The topological polar surface area (TPSA) is 51.6 Å². The lowest BCUT2D eigenvalue weighted by Gasteiger charge is -2.13. The molecule has 0 spiro atoms. The van der Waals surface area contributed by atoms with Gasteiger partial charge in [0.2, 0.25) is 0 Å². The van der Waals surface area contributed by atoms with Gasteiger partial charge in [-0.05, 0) is 51.0 Å². The first-order valence-electron chi connectivity index (χ1n) is 14.6. The number of nitrogens with zero attached hydrogens (tertiary/aromatic N) is 4. The summed E-state index contributed by atoms with van der Waals surface area (Å²) in [6.07, 6.45) is 3.69. The Hall–Kier alpha value is -6.00. The van der Waals surface area contributed by atoms with Crippen molar-refractivity contribution in [3.8, 4) is 56.4 Å². The maximum absolute atomic E-state index is 5.13. The predicted molar refractivity (Wildman–Crippen MR) is 180 cm³/mol. The highest BCUT2D eigenvalue weighted by atomic mass is 15.0. The van der Waals surface area contributed by atoms with Crippen LogP contribution in [-0.4, -0.2) is 19.9 Å². The Morgan fingerprint density at radius 2 is 0.932 bits per heavy atom. The molecule has 0 unspecified atom stereocenters. The van der Waals surface area contributed by atoms with Crippen molar-refractivity contribution in [1.82, 2.24) is 19.9 Å². The third kappa shape index (κ3) is 4.79. The fourth-order valence-corrected chi connectivity index (χ4v) is 5.83. The van der Waals surface area contributed by atoms with E-state index in [1.165, 1.54) is 0 Å². The monoisotopic (exact) mass is 562 g/mol. The van der Waals surface area contributed by atoms with Gasteiger partial charge in [0.05, 0.1) is 0 Å². The van der Waals surface area contributed by atoms with Gasteiger partial charge in [0.15, 0.2) is 17.5 Å². The third-order valence-electron chi connectivity index (χ3n) is 7.99. The Morgan fingerprint density at radius 1 is 0.341 bits per heavy atom. The second kappa shape index (κ2) is 11.0. The first-order chi connectivity index (χ1) is 21.8. The summed E-state index contributed by atoms with van der Waals surface area (Å²) in [6, 6.07) is 50.3. The van der Waals surface area contributed by atoms with Crippen molar-refractivity contribution in [2.24, 2.45) is 0 Å². The van der Waals surface area contributed by atoms with E-state index < -0.39 is 0 Å². The summed E-state index contributed by atoms with van der Waals surface area (Å²) in [4.78, 5) is 19.5. The molecule has 2 aromatic heterocycles. The number of hydrogen-bond donors (Lipinski definition) is 0. The van der Waals surface area contributed by atoms with E-state index in [0.717, 1.165) is 60.5 Å². The van der Waals surface area contributed by atoms with Crippen molar-refractivity contribution < 1.29 is 0 Å². The number of benzene rings is 6. The molecular weight excluding hydrogens is 536 g/mol. The van der Waals surface area contributed by atoms with Gasteiger partial charge in [0.25, 0.3) is 0 Å². The second-order valence-electron chi connectivity index (χ2n) is 10.8. The molecule has 6 aromatic carbocycles. The number of aromatic nitrogens is 4. The molecule has 0 saturated carbocycles. The van der Waals surface area contributed by atoms with Gasteiger partial charge in [-0.15, -0.1) is 0 Å². The van der Waals surface area contributed by atoms with Crippen LogP contribution in [0.5, 0.6) is 0 Å². The molecule has 0 fully saturated rings. The van der Waals surface area contributed by atoms with Gasteiger partial charge in [-0.2, -0.15) is 0 Å². The fraction of sp³-hybridized carbons (Fsp3) is 0. The normalized spacial score (nSPS) is 11.2. The van der Waals surface area contributed by atoms with E-state index >= 15 is 0 Å². The second-order valence-corrected chi connectivity index (χ2v) is 10.8. The van der Waals surface area contributed by atoms with E-state index in [1.807, 2.05) is 48.7 Å². The Balaban J connectivity index is 1.32. The summed E-state index contributed by atoms with van der Waals surface area (Å²) in [5.41, 5.74) is 7.40. The van der Waals surface area contributed by atoms with Crippen LogP contribution in [0.1, 0.15) is 0 Å². The van der Waals surface area contributed by atoms with Gasteiger partial charge in [-0.3, -0.25) is 4.98 Å². The molecule has 44 heavy (non-hydrogen) atoms. The summed E-state index contributed by atoms with van der Waals surface area (Å²) in [5.74, 6) is 1.93. The smallest absolute Gasteiger partial charge is 0.164 e. The molecule has 0 atom stereocenters. The standard InChI is InChI=1S/C40H26N4/c1-3-10-27(11-4-1)35-17-7-14-28-15-8-18-36(37(28)35)40-43-38(29-12-5-2-6-13-29)42-39(44-40)33-22-21-30-24-32(20-19-31(30)25-33)34-16-9-23-41-26-34/h1-26H. The highest BCUT2D eigenvalue weighted by molar-refractivity contribution is 6.05. The zero-order valence-corrected chi connectivity index (χ0v) is 23.8. The molecular formula is C40H26N4. The van der Waals surface area contributed by atoms with Crippen LogP contribution >= 0.6 is 0 Å². The molecule has 4 heteroatoms. The van der Waals surface area contributed by atoms with Crippen molar-refractivity contribution >= 4 is 21.5 Å². The van der Waals surface area contributed by atoms with Crippen LogP contribution in [0, 0.1) is 0 Å². The Kier molecular flexibility index (Phi) is 6.43. The molecule has 0 radical (unpaired) electrons. The average molecular weight is 563 g/mol. The van der Waals surface area contributed by atoms with Crippen molar-refractivity contribution in [3.63, 3.8) is 0 Å². The van der Waals surface area contributed by atoms with Crippen LogP contribution in [-0.2, 0) is 0 Å². The molecule has 0 aliphatic carbocycles. The maximum Gasteiger partial charge on any atom is 0.164 e. The molecule has 0 N–H and O–H groups in total.